The minimum absolute atomic E-state index is 0. The van der Waals surface area contributed by atoms with Crippen LogP contribution in [0.3, 0.4) is 0 Å². The average molecular weight is 481 g/mol. The Balaban J connectivity index is 0.00000625. The van der Waals surface area contributed by atoms with Gasteiger partial charge < -0.3 is 29.6 Å². The third kappa shape index (κ3) is 7.06. The van der Waals surface area contributed by atoms with Gasteiger partial charge in [-0.2, -0.15) is 0 Å². The van der Waals surface area contributed by atoms with Crippen LogP contribution in [0, 0.1) is 0 Å². The van der Waals surface area contributed by atoms with Gasteiger partial charge in [0.1, 0.15) is 0 Å². The SMILES string of the molecule is CN=C(NCCc1ccc(OC)c(OC)c1OC)NCC(C)(C)OC.I. The number of hydrogen-bond acceptors (Lipinski definition) is 5. The Labute approximate surface area is 173 Å². The molecule has 8 heteroatoms. The molecule has 0 fully saturated rings. The number of halogens is 1. The molecule has 0 spiro atoms. The Kier molecular flexibility index (Phi) is 11.4. The minimum Gasteiger partial charge on any atom is -0.493 e. The van der Waals surface area contributed by atoms with Crippen molar-refractivity contribution in [2.45, 2.75) is 25.9 Å². The van der Waals surface area contributed by atoms with Crippen LogP contribution in [0.1, 0.15) is 19.4 Å². The highest BCUT2D eigenvalue weighted by Crippen LogP contribution is 2.39. The van der Waals surface area contributed by atoms with Crippen molar-refractivity contribution in [3.63, 3.8) is 0 Å². The molecule has 1 aromatic rings. The monoisotopic (exact) mass is 481 g/mol. The number of ether oxygens (including phenoxy) is 4. The van der Waals surface area contributed by atoms with Crippen molar-refractivity contribution in [1.29, 1.82) is 0 Å². The Morgan fingerprint density at radius 3 is 2.15 bits per heavy atom. The second-order valence-corrected chi connectivity index (χ2v) is 6.06. The maximum Gasteiger partial charge on any atom is 0.203 e. The van der Waals surface area contributed by atoms with Gasteiger partial charge in [0.15, 0.2) is 17.5 Å². The van der Waals surface area contributed by atoms with Crippen molar-refractivity contribution in [1.82, 2.24) is 10.6 Å². The molecule has 0 saturated heterocycles. The summed E-state index contributed by atoms with van der Waals surface area (Å²) in [6, 6.07) is 3.86. The third-order valence-corrected chi connectivity index (χ3v) is 3.93. The first-order valence-electron chi connectivity index (χ1n) is 8.20. The molecular weight excluding hydrogens is 449 g/mol. The number of hydrogen-bond donors (Lipinski definition) is 2. The van der Waals surface area contributed by atoms with E-state index in [0.717, 1.165) is 17.9 Å². The fraction of sp³-hybridized carbons (Fsp3) is 0.611. The number of methoxy groups -OCH3 is 4. The van der Waals surface area contributed by atoms with Crippen molar-refractivity contribution in [3.8, 4) is 17.2 Å². The Bertz CT molecular complexity index is 580. The highest BCUT2D eigenvalue weighted by Gasteiger charge is 2.17. The average Bonchev–Trinajstić information content (AvgIpc) is 2.63. The molecule has 0 heterocycles. The van der Waals surface area contributed by atoms with Crippen LogP contribution >= 0.6 is 24.0 Å². The van der Waals surface area contributed by atoms with Crippen molar-refractivity contribution >= 4 is 29.9 Å². The van der Waals surface area contributed by atoms with Crippen LogP contribution in [0.4, 0.5) is 0 Å². The van der Waals surface area contributed by atoms with Crippen LogP contribution in [-0.4, -0.2) is 60.1 Å². The van der Waals surface area contributed by atoms with Gasteiger partial charge in [0.05, 0.1) is 26.9 Å². The van der Waals surface area contributed by atoms with E-state index in [1.165, 1.54) is 0 Å². The zero-order valence-electron chi connectivity index (χ0n) is 16.8. The smallest absolute Gasteiger partial charge is 0.203 e. The predicted octanol–water partition coefficient (Wildman–Crippen LogP) is 2.46. The van der Waals surface area contributed by atoms with Crippen LogP contribution < -0.4 is 24.8 Å². The van der Waals surface area contributed by atoms with E-state index < -0.39 is 0 Å². The molecule has 0 aliphatic rings. The molecule has 0 aliphatic carbocycles. The van der Waals surface area contributed by atoms with Gasteiger partial charge in [0, 0.05) is 32.8 Å². The summed E-state index contributed by atoms with van der Waals surface area (Å²) < 4.78 is 21.6. The molecule has 0 aromatic heterocycles. The quantitative estimate of drug-likeness (QED) is 0.321. The zero-order valence-corrected chi connectivity index (χ0v) is 19.1. The lowest BCUT2D eigenvalue weighted by molar-refractivity contribution is 0.0268. The lowest BCUT2D eigenvalue weighted by Crippen LogP contribution is -2.45. The Morgan fingerprint density at radius 1 is 1.00 bits per heavy atom. The second kappa shape index (κ2) is 12.1. The van der Waals surface area contributed by atoms with Gasteiger partial charge in [-0.05, 0) is 26.3 Å². The first-order chi connectivity index (χ1) is 11.9. The Morgan fingerprint density at radius 2 is 1.65 bits per heavy atom. The summed E-state index contributed by atoms with van der Waals surface area (Å²) in [6.45, 7) is 5.38. The van der Waals surface area contributed by atoms with Crippen LogP contribution in [-0.2, 0) is 11.2 Å². The molecule has 26 heavy (non-hydrogen) atoms. The van der Waals surface area contributed by atoms with E-state index >= 15 is 0 Å². The van der Waals surface area contributed by atoms with Gasteiger partial charge in [-0.3, -0.25) is 4.99 Å². The van der Waals surface area contributed by atoms with Crippen molar-refractivity contribution in [2.24, 2.45) is 4.99 Å². The van der Waals surface area contributed by atoms with Crippen LogP contribution in [0.2, 0.25) is 0 Å². The summed E-state index contributed by atoms with van der Waals surface area (Å²) in [6.07, 6.45) is 0.748. The Hall–Kier alpha value is -1.42. The highest BCUT2D eigenvalue weighted by atomic mass is 127. The topological polar surface area (TPSA) is 73.3 Å². The summed E-state index contributed by atoms with van der Waals surface area (Å²) in [5.74, 6) is 2.67. The molecule has 0 atom stereocenters. The first kappa shape index (κ1) is 24.6. The first-order valence-corrected chi connectivity index (χ1v) is 8.20. The molecule has 0 aliphatic heterocycles. The molecule has 0 amide bonds. The largest absolute Gasteiger partial charge is 0.493 e. The van der Waals surface area contributed by atoms with Crippen LogP contribution in [0.5, 0.6) is 17.2 Å². The van der Waals surface area contributed by atoms with Crippen molar-refractivity contribution < 1.29 is 18.9 Å². The highest BCUT2D eigenvalue weighted by molar-refractivity contribution is 14.0. The molecular formula is C18H32IN3O4. The minimum atomic E-state index is -0.260. The fourth-order valence-electron chi connectivity index (χ4n) is 2.26. The van der Waals surface area contributed by atoms with E-state index in [1.807, 2.05) is 26.0 Å². The number of benzene rings is 1. The lowest BCUT2D eigenvalue weighted by atomic mass is 10.1. The summed E-state index contributed by atoms with van der Waals surface area (Å²) in [5, 5.41) is 6.54. The van der Waals surface area contributed by atoms with Crippen molar-refractivity contribution in [3.05, 3.63) is 17.7 Å². The zero-order chi connectivity index (χ0) is 18.9. The molecule has 1 rings (SSSR count). The van der Waals surface area contributed by atoms with E-state index in [4.69, 9.17) is 18.9 Å². The molecule has 2 N–H and O–H groups in total. The van der Waals surface area contributed by atoms with E-state index in [0.29, 0.717) is 30.3 Å². The van der Waals surface area contributed by atoms with Gasteiger partial charge in [-0.25, -0.2) is 0 Å². The van der Waals surface area contributed by atoms with Gasteiger partial charge in [0.25, 0.3) is 0 Å². The van der Waals surface area contributed by atoms with Gasteiger partial charge in [-0.1, -0.05) is 6.07 Å². The third-order valence-electron chi connectivity index (χ3n) is 3.93. The number of nitrogens with one attached hydrogen (secondary N) is 2. The predicted molar refractivity (Wildman–Crippen MR) is 116 cm³/mol. The number of aliphatic imine (C=N–C) groups is 1. The van der Waals surface area contributed by atoms with Gasteiger partial charge >= 0.3 is 0 Å². The van der Waals surface area contributed by atoms with Crippen molar-refractivity contribution in [2.75, 3.05) is 48.6 Å². The van der Waals surface area contributed by atoms with Crippen LogP contribution in [0.15, 0.2) is 17.1 Å². The number of guanidine groups is 1. The second-order valence-electron chi connectivity index (χ2n) is 6.06. The van der Waals surface area contributed by atoms with Gasteiger partial charge in [0.2, 0.25) is 5.75 Å². The summed E-state index contributed by atoms with van der Waals surface area (Å²) in [7, 11) is 8.27. The molecule has 0 unspecified atom stereocenters. The van der Waals surface area contributed by atoms with E-state index in [9.17, 15) is 0 Å². The summed E-state index contributed by atoms with van der Waals surface area (Å²) >= 11 is 0. The molecule has 0 radical (unpaired) electrons. The number of nitrogens with zero attached hydrogens (tertiary/aromatic N) is 1. The molecule has 1 aromatic carbocycles. The summed E-state index contributed by atoms with van der Waals surface area (Å²) in [5.41, 5.74) is 0.768. The van der Waals surface area contributed by atoms with E-state index in [1.54, 1.807) is 35.5 Å². The van der Waals surface area contributed by atoms with E-state index in [2.05, 4.69) is 15.6 Å². The van der Waals surface area contributed by atoms with Crippen LogP contribution in [0.25, 0.3) is 0 Å². The maximum absolute atomic E-state index is 5.51. The standard InChI is InChI=1S/C18H31N3O4.HI/c1-18(2,25-7)12-21-17(19-3)20-11-10-13-8-9-14(22-4)16(24-6)15(13)23-5;/h8-9H,10-12H2,1-7H3,(H2,19,20,21);1H. The number of rotatable bonds is 9. The van der Waals surface area contributed by atoms with E-state index in [-0.39, 0.29) is 29.6 Å². The molecule has 0 saturated carbocycles. The molecule has 0 bridgehead atoms. The normalized spacial score (nSPS) is 11.4. The molecule has 150 valence electrons. The fourth-order valence-corrected chi connectivity index (χ4v) is 2.26. The molecule has 7 nitrogen and oxygen atoms in total. The maximum atomic E-state index is 5.51. The summed E-state index contributed by atoms with van der Waals surface area (Å²) in [4.78, 5) is 4.22. The lowest BCUT2D eigenvalue weighted by Gasteiger charge is -2.24. The van der Waals surface area contributed by atoms with Gasteiger partial charge in [-0.15, -0.1) is 24.0 Å².